The number of methoxy groups -OCH3 is 1. The van der Waals surface area contributed by atoms with Crippen molar-refractivity contribution in [3.05, 3.63) is 32.2 Å². The molecule has 1 aromatic carbocycles. The second-order valence-electron chi connectivity index (χ2n) is 7.41. The zero-order chi connectivity index (χ0) is 18.6. The third kappa shape index (κ3) is 2.44. The van der Waals surface area contributed by atoms with Crippen LogP contribution in [0.3, 0.4) is 0 Å². The van der Waals surface area contributed by atoms with Gasteiger partial charge < -0.3 is 9.64 Å². The number of aromatic nitrogens is 2. The van der Waals surface area contributed by atoms with E-state index in [0.717, 1.165) is 38.8 Å². The SMILES string of the molecule is CC[C@@H]1CCN(c2c(F)c(C)c3c(=O)[nH]c(=O)n(C4CC4)c3c2OC)C1. The lowest BCUT2D eigenvalue weighted by atomic mass is 10.1. The topological polar surface area (TPSA) is 67.3 Å². The lowest BCUT2D eigenvalue weighted by Gasteiger charge is -2.25. The molecule has 2 aliphatic rings. The number of hydrogen-bond acceptors (Lipinski definition) is 4. The van der Waals surface area contributed by atoms with E-state index in [1.807, 2.05) is 4.90 Å². The van der Waals surface area contributed by atoms with Crippen molar-refractivity contribution in [3.8, 4) is 5.75 Å². The second kappa shape index (κ2) is 6.14. The Hall–Kier alpha value is -2.31. The maximum Gasteiger partial charge on any atom is 0.329 e. The fourth-order valence-electron chi connectivity index (χ4n) is 4.15. The average molecular weight is 361 g/mol. The Bertz CT molecular complexity index is 990. The number of fused-ring (bicyclic) bond motifs is 1. The maximum atomic E-state index is 15.3. The fraction of sp³-hybridized carbons (Fsp3) is 0.579. The summed E-state index contributed by atoms with van der Waals surface area (Å²) in [5.74, 6) is 0.382. The van der Waals surface area contributed by atoms with Crippen LogP contribution >= 0.6 is 0 Å². The molecule has 1 saturated carbocycles. The lowest BCUT2D eigenvalue weighted by Crippen LogP contribution is -2.31. The van der Waals surface area contributed by atoms with Gasteiger partial charge in [-0.2, -0.15) is 0 Å². The van der Waals surface area contributed by atoms with E-state index in [9.17, 15) is 9.59 Å². The number of rotatable bonds is 4. The van der Waals surface area contributed by atoms with Crippen LogP contribution in [-0.4, -0.2) is 29.8 Å². The first-order valence-corrected chi connectivity index (χ1v) is 9.27. The van der Waals surface area contributed by atoms with E-state index in [2.05, 4.69) is 11.9 Å². The van der Waals surface area contributed by atoms with Gasteiger partial charge in [0.2, 0.25) is 0 Å². The van der Waals surface area contributed by atoms with Crippen molar-refractivity contribution in [1.29, 1.82) is 0 Å². The van der Waals surface area contributed by atoms with Crippen molar-refractivity contribution in [2.75, 3.05) is 25.1 Å². The van der Waals surface area contributed by atoms with E-state index in [0.29, 0.717) is 22.9 Å². The predicted octanol–water partition coefficient (Wildman–Crippen LogP) is 2.72. The summed E-state index contributed by atoms with van der Waals surface area (Å²) in [4.78, 5) is 29.3. The standard InChI is InChI=1S/C19H24FN3O3/c1-4-11-7-8-22(9-11)16-14(20)10(2)13-15(17(16)26-3)23(12-5-6-12)19(25)21-18(13)24/h11-12H,4-9H2,1-3H3,(H,21,24,25)/t11-/m1/s1. The minimum Gasteiger partial charge on any atom is -0.492 e. The van der Waals surface area contributed by atoms with Crippen LogP contribution in [0.1, 0.15) is 44.2 Å². The molecular formula is C19H24FN3O3. The van der Waals surface area contributed by atoms with Crippen molar-refractivity contribution in [1.82, 2.24) is 9.55 Å². The summed E-state index contributed by atoms with van der Waals surface area (Å²) >= 11 is 0. The number of nitrogens with one attached hydrogen (secondary N) is 1. The van der Waals surface area contributed by atoms with Crippen molar-refractivity contribution >= 4 is 16.6 Å². The van der Waals surface area contributed by atoms with Crippen molar-refractivity contribution in [2.45, 2.75) is 45.6 Å². The van der Waals surface area contributed by atoms with Crippen LogP contribution in [0.15, 0.2) is 9.59 Å². The molecule has 0 spiro atoms. The van der Waals surface area contributed by atoms with Gasteiger partial charge in [-0.05, 0) is 32.1 Å². The van der Waals surface area contributed by atoms with Crippen molar-refractivity contribution < 1.29 is 9.13 Å². The normalized spacial score (nSPS) is 20.2. The summed E-state index contributed by atoms with van der Waals surface area (Å²) in [6.07, 6.45) is 3.79. The van der Waals surface area contributed by atoms with E-state index >= 15 is 4.39 Å². The second-order valence-corrected chi connectivity index (χ2v) is 7.41. The third-order valence-corrected chi connectivity index (χ3v) is 5.78. The van der Waals surface area contributed by atoms with Gasteiger partial charge in [-0.15, -0.1) is 0 Å². The summed E-state index contributed by atoms with van der Waals surface area (Å²) in [5, 5.41) is 0.209. The van der Waals surface area contributed by atoms with Gasteiger partial charge in [-0.25, -0.2) is 9.18 Å². The Morgan fingerprint density at radius 2 is 2.00 bits per heavy atom. The predicted molar refractivity (Wildman–Crippen MR) is 99.0 cm³/mol. The van der Waals surface area contributed by atoms with Gasteiger partial charge in [0.05, 0.1) is 12.5 Å². The van der Waals surface area contributed by atoms with Gasteiger partial charge in [0.25, 0.3) is 5.56 Å². The maximum absolute atomic E-state index is 15.3. The smallest absolute Gasteiger partial charge is 0.329 e. The number of aromatic amines is 1. The first-order chi connectivity index (χ1) is 12.5. The molecule has 0 radical (unpaired) electrons. The highest BCUT2D eigenvalue weighted by Crippen LogP contribution is 2.44. The van der Waals surface area contributed by atoms with Crippen LogP contribution in [0.2, 0.25) is 0 Å². The van der Waals surface area contributed by atoms with Gasteiger partial charge in [-0.1, -0.05) is 13.3 Å². The molecule has 0 amide bonds. The summed E-state index contributed by atoms with van der Waals surface area (Å²) < 4.78 is 22.5. The molecular weight excluding hydrogens is 337 g/mol. The lowest BCUT2D eigenvalue weighted by molar-refractivity contribution is 0.412. The van der Waals surface area contributed by atoms with E-state index in [1.54, 1.807) is 11.5 Å². The Balaban J connectivity index is 2.07. The molecule has 1 aliphatic carbocycles. The minimum atomic E-state index is -0.559. The molecule has 26 heavy (non-hydrogen) atoms. The van der Waals surface area contributed by atoms with Crippen molar-refractivity contribution in [2.24, 2.45) is 5.92 Å². The van der Waals surface area contributed by atoms with Crippen molar-refractivity contribution in [3.63, 3.8) is 0 Å². The highest BCUT2D eigenvalue weighted by atomic mass is 19.1. The molecule has 1 N–H and O–H groups in total. The Morgan fingerprint density at radius 1 is 1.27 bits per heavy atom. The number of aryl methyl sites for hydroxylation is 1. The van der Waals surface area contributed by atoms with Crippen LogP contribution < -0.4 is 20.9 Å². The zero-order valence-corrected chi connectivity index (χ0v) is 15.4. The molecule has 0 bridgehead atoms. The van der Waals surface area contributed by atoms with E-state index in [1.165, 1.54) is 7.11 Å². The van der Waals surface area contributed by atoms with Gasteiger partial charge in [-0.3, -0.25) is 14.3 Å². The minimum absolute atomic E-state index is 0.0374. The van der Waals surface area contributed by atoms with E-state index < -0.39 is 17.1 Å². The van der Waals surface area contributed by atoms with Gasteiger partial charge in [0, 0.05) is 24.7 Å². The van der Waals surface area contributed by atoms with Gasteiger partial charge >= 0.3 is 5.69 Å². The van der Waals surface area contributed by atoms with Crippen LogP contribution in [0.25, 0.3) is 10.9 Å². The Labute approximate surface area is 150 Å². The summed E-state index contributed by atoms with van der Waals surface area (Å²) in [7, 11) is 1.48. The third-order valence-electron chi connectivity index (χ3n) is 5.78. The molecule has 4 rings (SSSR count). The molecule has 2 heterocycles. The number of nitrogens with zero attached hydrogens (tertiary/aromatic N) is 2. The number of hydrogen-bond donors (Lipinski definition) is 1. The molecule has 2 fully saturated rings. The first kappa shape index (κ1) is 17.1. The highest BCUT2D eigenvalue weighted by molar-refractivity contribution is 5.93. The summed E-state index contributed by atoms with van der Waals surface area (Å²) in [6, 6.07) is 0.0374. The molecule has 1 saturated heterocycles. The Kier molecular flexibility index (Phi) is 4.04. The molecule has 2 aromatic rings. The molecule has 7 heteroatoms. The van der Waals surface area contributed by atoms with E-state index in [4.69, 9.17) is 4.74 Å². The number of halogens is 1. The van der Waals surface area contributed by atoms with E-state index in [-0.39, 0.29) is 17.0 Å². The summed E-state index contributed by atoms with van der Waals surface area (Å²) in [6.45, 7) is 5.24. The molecule has 1 aliphatic heterocycles. The monoisotopic (exact) mass is 361 g/mol. The number of anilines is 1. The van der Waals surface area contributed by atoms with Gasteiger partial charge in [0.15, 0.2) is 11.6 Å². The average Bonchev–Trinajstić information content (AvgIpc) is 3.33. The van der Waals surface area contributed by atoms with Crippen LogP contribution in [0, 0.1) is 18.7 Å². The molecule has 0 unspecified atom stereocenters. The zero-order valence-electron chi connectivity index (χ0n) is 15.4. The van der Waals surface area contributed by atoms with Crippen LogP contribution in [0.4, 0.5) is 10.1 Å². The summed E-state index contributed by atoms with van der Waals surface area (Å²) in [5.41, 5.74) is 0.0703. The molecule has 6 nitrogen and oxygen atoms in total. The largest absolute Gasteiger partial charge is 0.492 e. The molecule has 1 aromatic heterocycles. The van der Waals surface area contributed by atoms with Crippen LogP contribution in [0.5, 0.6) is 5.75 Å². The highest BCUT2D eigenvalue weighted by Gasteiger charge is 2.34. The number of benzene rings is 1. The molecule has 1 atom stereocenters. The first-order valence-electron chi connectivity index (χ1n) is 9.27. The fourth-order valence-corrected chi connectivity index (χ4v) is 4.15. The number of ether oxygens (including phenoxy) is 1. The Morgan fingerprint density at radius 3 is 2.58 bits per heavy atom. The van der Waals surface area contributed by atoms with Crippen LogP contribution in [-0.2, 0) is 0 Å². The van der Waals surface area contributed by atoms with Gasteiger partial charge in [0.1, 0.15) is 11.2 Å². The quantitative estimate of drug-likeness (QED) is 0.909. The molecule has 140 valence electrons. The number of H-pyrrole nitrogens is 1.